The largest absolute Gasteiger partial charge is 0.350 e. The zero-order valence-electron chi connectivity index (χ0n) is 10.8. The summed E-state index contributed by atoms with van der Waals surface area (Å²) in [6.07, 6.45) is 6.09. The van der Waals surface area contributed by atoms with Crippen LogP contribution in [0.5, 0.6) is 0 Å². The average molecular weight is 248 g/mol. The third-order valence-electron chi connectivity index (χ3n) is 3.70. The van der Waals surface area contributed by atoms with Crippen LogP contribution in [-0.2, 0) is 11.3 Å². The number of carbonyl (C=O) groups is 1. The number of nitrogens with zero attached hydrogens (tertiary/aromatic N) is 2. The molecule has 5 heteroatoms. The fourth-order valence-electron chi connectivity index (χ4n) is 2.40. The minimum absolute atomic E-state index is 0.135. The molecule has 1 aromatic heterocycles. The molecule has 1 saturated heterocycles. The summed E-state index contributed by atoms with van der Waals surface area (Å²) in [4.78, 5) is 20.3. The lowest BCUT2D eigenvalue weighted by molar-refractivity contribution is -0.132. The molecule has 2 rings (SSSR count). The minimum atomic E-state index is -0.245. The molecule has 5 nitrogen and oxygen atoms in total. The van der Waals surface area contributed by atoms with E-state index in [0.717, 1.165) is 38.0 Å². The van der Waals surface area contributed by atoms with E-state index in [2.05, 4.69) is 27.5 Å². The molecule has 1 aliphatic heterocycles. The molecule has 1 atom stereocenters. The molecule has 1 aromatic rings. The zero-order chi connectivity index (χ0) is 12.8. The first-order chi connectivity index (χ1) is 8.77. The number of hydrogen-bond acceptors (Lipinski definition) is 4. The van der Waals surface area contributed by atoms with Gasteiger partial charge >= 0.3 is 0 Å². The minimum Gasteiger partial charge on any atom is -0.350 e. The van der Waals surface area contributed by atoms with Crippen LogP contribution in [0.2, 0.25) is 0 Å². The van der Waals surface area contributed by atoms with Crippen LogP contribution in [0.1, 0.15) is 31.9 Å². The van der Waals surface area contributed by atoms with E-state index in [0.29, 0.717) is 6.54 Å². The molecule has 0 aromatic carbocycles. The standard InChI is InChI=1S/C13H20N4O/c1-2-13(5-3-6-14-9-13)12(18)16-8-11-4-7-15-10-17-11/h4,7,10,14H,2-3,5-6,8-9H2,1H3,(H,16,18). The van der Waals surface area contributed by atoms with E-state index >= 15 is 0 Å². The van der Waals surface area contributed by atoms with Crippen LogP contribution in [0.4, 0.5) is 0 Å². The number of amides is 1. The van der Waals surface area contributed by atoms with Crippen molar-refractivity contribution in [3.8, 4) is 0 Å². The molecule has 2 heterocycles. The molecule has 1 amide bonds. The molecular weight excluding hydrogens is 228 g/mol. The van der Waals surface area contributed by atoms with Gasteiger partial charge in [-0.25, -0.2) is 9.97 Å². The van der Waals surface area contributed by atoms with Gasteiger partial charge in [-0.1, -0.05) is 6.92 Å². The van der Waals surface area contributed by atoms with Crippen molar-refractivity contribution in [2.24, 2.45) is 5.41 Å². The first kappa shape index (κ1) is 13.0. The molecule has 1 unspecified atom stereocenters. The van der Waals surface area contributed by atoms with E-state index in [1.807, 2.05) is 6.07 Å². The summed E-state index contributed by atoms with van der Waals surface area (Å²) in [6, 6.07) is 1.82. The fraction of sp³-hybridized carbons (Fsp3) is 0.615. The molecule has 0 spiro atoms. The topological polar surface area (TPSA) is 66.9 Å². The maximum Gasteiger partial charge on any atom is 0.227 e. The maximum atomic E-state index is 12.3. The normalized spacial score (nSPS) is 23.6. The summed E-state index contributed by atoms with van der Waals surface area (Å²) < 4.78 is 0. The Morgan fingerprint density at radius 3 is 3.11 bits per heavy atom. The van der Waals surface area contributed by atoms with Gasteiger partial charge in [-0.15, -0.1) is 0 Å². The smallest absolute Gasteiger partial charge is 0.227 e. The van der Waals surface area contributed by atoms with Crippen molar-refractivity contribution in [3.63, 3.8) is 0 Å². The van der Waals surface area contributed by atoms with Crippen LogP contribution < -0.4 is 10.6 Å². The van der Waals surface area contributed by atoms with Crippen LogP contribution in [-0.4, -0.2) is 29.0 Å². The van der Waals surface area contributed by atoms with E-state index in [1.165, 1.54) is 6.33 Å². The van der Waals surface area contributed by atoms with Crippen LogP contribution in [0.15, 0.2) is 18.6 Å². The number of rotatable bonds is 4. The van der Waals surface area contributed by atoms with Gasteiger partial charge in [0.2, 0.25) is 5.91 Å². The molecule has 0 radical (unpaired) electrons. The second-order valence-corrected chi connectivity index (χ2v) is 4.80. The highest BCUT2D eigenvalue weighted by atomic mass is 16.2. The predicted molar refractivity (Wildman–Crippen MR) is 68.7 cm³/mol. The molecule has 0 bridgehead atoms. The first-order valence-corrected chi connectivity index (χ1v) is 6.51. The summed E-state index contributed by atoms with van der Waals surface area (Å²) in [5.41, 5.74) is 0.596. The Hall–Kier alpha value is -1.49. The lowest BCUT2D eigenvalue weighted by Crippen LogP contribution is -2.50. The van der Waals surface area contributed by atoms with E-state index in [9.17, 15) is 4.79 Å². The average Bonchev–Trinajstić information content (AvgIpc) is 2.46. The van der Waals surface area contributed by atoms with Crippen molar-refractivity contribution >= 4 is 5.91 Å². The second-order valence-electron chi connectivity index (χ2n) is 4.80. The summed E-state index contributed by atoms with van der Waals surface area (Å²) in [7, 11) is 0. The Labute approximate surface area is 107 Å². The Bertz CT molecular complexity index is 387. The molecular formula is C13H20N4O. The quantitative estimate of drug-likeness (QED) is 0.830. The van der Waals surface area contributed by atoms with Crippen molar-refractivity contribution in [3.05, 3.63) is 24.3 Å². The van der Waals surface area contributed by atoms with Crippen molar-refractivity contribution in [2.45, 2.75) is 32.7 Å². The predicted octanol–water partition coefficient (Wildman–Crippen LogP) is 0.873. The number of hydrogen-bond donors (Lipinski definition) is 2. The van der Waals surface area contributed by atoms with Gasteiger partial charge in [-0.2, -0.15) is 0 Å². The lowest BCUT2D eigenvalue weighted by Gasteiger charge is -2.35. The molecule has 2 N–H and O–H groups in total. The van der Waals surface area contributed by atoms with Gasteiger partial charge in [0.05, 0.1) is 17.7 Å². The Balaban J connectivity index is 1.94. The van der Waals surface area contributed by atoms with Gasteiger partial charge in [0.15, 0.2) is 0 Å². The second kappa shape index (κ2) is 5.91. The van der Waals surface area contributed by atoms with Crippen LogP contribution in [0.3, 0.4) is 0 Å². The molecule has 0 saturated carbocycles. The van der Waals surface area contributed by atoms with Gasteiger partial charge in [0.25, 0.3) is 0 Å². The zero-order valence-corrected chi connectivity index (χ0v) is 10.8. The Morgan fingerprint density at radius 2 is 2.50 bits per heavy atom. The van der Waals surface area contributed by atoms with Crippen molar-refractivity contribution in [1.82, 2.24) is 20.6 Å². The maximum absolute atomic E-state index is 12.3. The Morgan fingerprint density at radius 1 is 1.61 bits per heavy atom. The SMILES string of the molecule is CCC1(C(=O)NCc2ccncn2)CCCNC1. The van der Waals surface area contributed by atoms with Gasteiger partial charge in [-0.05, 0) is 31.9 Å². The van der Waals surface area contributed by atoms with Crippen molar-refractivity contribution < 1.29 is 4.79 Å². The lowest BCUT2D eigenvalue weighted by atomic mass is 9.77. The number of carbonyl (C=O) groups excluding carboxylic acids is 1. The third kappa shape index (κ3) is 2.85. The molecule has 0 aliphatic carbocycles. The van der Waals surface area contributed by atoms with E-state index < -0.39 is 0 Å². The third-order valence-corrected chi connectivity index (χ3v) is 3.70. The molecule has 18 heavy (non-hydrogen) atoms. The van der Waals surface area contributed by atoms with Crippen molar-refractivity contribution in [2.75, 3.05) is 13.1 Å². The highest BCUT2D eigenvalue weighted by Crippen LogP contribution is 2.30. The van der Waals surface area contributed by atoms with Crippen LogP contribution >= 0.6 is 0 Å². The molecule has 98 valence electrons. The fourth-order valence-corrected chi connectivity index (χ4v) is 2.40. The van der Waals surface area contributed by atoms with E-state index in [-0.39, 0.29) is 11.3 Å². The van der Waals surface area contributed by atoms with Gasteiger partial charge in [0.1, 0.15) is 6.33 Å². The number of piperidine rings is 1. The summed E-state index contributed by atoms with van der Waals surface area (Å²) in [5.74, 6) is 0.135. The monoisotopic (exact) mass is 248 g/mol. The van der Waals surface area contributed by atoms with Crippen LogP contribution in [0, 0.1) is 5.41 Å². The molecule has 1 aliphatic rings. The van der Waals surface area contributed by atoms with Crippen molar-refractivity contribution in [1.29, 1.82) is 0 Å². The van der Waals surface area contributed by atoms with Crippen LogP contribution in [0.25, 0.3) is 0 Å². The Kier molecular flexibility index (Phi) is 4.25. The van der Waals surface area contributed by atoms with Gasteiger partial charge in [-0.3, -0.25) is 4.79 Å². The van der Waals surface area contributed by atoms with E-state index in [1.54, 1.807) is 6.20 Å². The highest BCUT2D eigenvalue weighted by molar-refractivity contribution is 5.82. The summed E-state index contributed by atoms with van der Waals surface area (Å²) >= 11 is 0. The number of aromatic nitrogens is 2. The summed E-state index contributed by atoms with van der Waals surface area (Å²) in [6.45, 7) is 4.35. The summed E-state index contributed by atoms with van der Waals surface area (Å²) in [5, 5.41) is 6.31. The first-order valence-electron chi connectivity index (χ1n) is 6.51. The number of nitrogens with one attached hydrogen (secondary N) is 2. The highest BCUT2D eigenvalue weighted by Gasteiger charge is 2.37. The van der Waals surface area contributed by atoms with Gasteiger partial charge < -0.3 is 10.6 Å². The van der Waals surface area contributed by atoms with Gasteiger partial charge in [0, 0.05) is 12.7 Å². The van der Waals surface area contributed by atoms with E-state index in [4.69, 9.17) is 0 Å². The molecule has 1 fully saturated rings.